The minimum Gasteiger partial charge on any atom is -0.476 e. The molecule has 17 heavy (non-hydrogen) atoms. The standard InChI is InChI=1S/C10H10N4O3/c1-6-2-14-9(17-6)5-13-8-4-11-7(3-12-8)10(15)16/h2-4H,5H2,1H3,(H,12,13)(H,15,16). The van der Waals surface area contributed by atoms with E-state index in [0.717, 1.165) is 5.76 Å². The number of carboxylic acids is 1. The van der Waals surface area contributed by atoms with E-state index in [1.54, 1.807) is 13.1 Å². The first-order valence-corrected chi connectivity index (χ1v) is 4.85. The van der Waals surface area contributed by atoms with Crippen LogP contribution in [0.5, 0.6) is 0 Å². The zero-order valence-electron chi connectivity index (χ0n) is 9.04. The molecule has 0 fully saturated rings. The van der Waals surface area contributed by atoms with Gasteiger partial charge in [0.2, 0.25) is 5.89 Å². The van der Waals surface area contributed by atoms with E-state index in [1.165, 1.54) is 12.4 Å². The average Bonchev–Trinajstić information content (AvgIpc) is 2.73. The van der Waals surface area contributed by atoms with Crippen molar-refractivity contribution in [1.29, 1.82) is 0 Å². The van der Waals surface area contributed by atoms with Crippen LogP contribution in [0.2, 0.25) is 0 Å². The van der Waals surface area contributed by atoms with E-state index >= 15 is 0 Å². The van der Waals surface area contributed by atoms with Gasteiger partial charge in [-0.05, 0) is 6.92 Å². The van der Waals surface area contributed by atoms with Gasteiger partial charge in [-0.25, -0.2) is 19.7 Å². The Morgan fingerprint density at radius 1 is 1.35 bits per heavy atom. The molecule has 0 atom stereocenters. The van der Waals surface area contributed by atoms with Gasteiger partial charge in [0.15, 0.2) is 5.69 Å². The minimum absolute atomic E-state index is 0.0949. The minimum atomic E-state index is -1.10. The molecule has 0 bridgehead atoms. The quantitative estimate of drug-likeness (QED) is 0.816. The summed E-state index contributed by atoms with van der Waals surface area (Å²) in [6, 6.07) is 0. The van der Waals surface area contributed by atoms with Crippen LogP contribution in [0.3, 0.4) is 0 Å². The number of anilines is 1. The van der Waals surface area contributed by atoms with Crippen molar-refractivity contribution in [2.75, 3.05) is 5.32 Å². The van der Waals surface area contributed by atoms with Gasteiger partial charge >= 0.3 is 5.97 Å². The molecule has 0 aliphatic carbocycles. The maximum Gasteiger partial charge on any atom is 0.356 e. The number of hydrogen-bond donors (Lipinski definition) is 2. The molecule has 7 heteroatoms. The first-order valence-electron chi connectivity index (χ1n) is 4.85. The van der Waals surface area contributed by atoms with Crippen molar-refractivity contribution in [2.24, 2.45) is 0 Å². The second-order valence-corrected chi connectivity index (χ2v) is 3.31. The number of rotatable bonds is 4. The Balaban J connectivity index is 1.97. The smallest absolute Gasteiger partial charge is 0.356 e. The molecule has 2 aromatic heterocycles. The molecule has 0 saturated heterocycles. The van der Waals surface area contributed by atoms with Crippen LogP contribution < -0.4 is 5.32 Å². The number of hydrogen-bond acceptors (Lipinski definition) is 6. The Bertz CT molecular complexity index is 521. The molecule has 0 saturated carbocycles. The van der Waals surface area contributed by atoms with Crippen molar-refractivity contribution >= 4 is 11.8 Å². The number of oxazole rings is 1. The number of nitrogens with one attached hydrogen (secondary N) is 1. The molecule has 88 valence electrons. The van der Waals surface area contributed by atoms with Crippen molar-refractivity contribution < 1.29 is 14.3 Å². The Kier molecular flexibility index (Phi) is 2.99. The SMILES string of the molecule is Cc1cnc(CNc2cnc(C(=O)O)cn2)o1. The Morgan fingerprint density at radius 3 is 2.71 bits per heavy atom. The van der Waals surface area contributed by atoms with Gasteiger partial charge in [0.25, 0.3) is 0 Å². The molecule has 0 radical (unpaired) electrons. The number of aromatic nitrogens is 3. The number of carbonyl (C=O) groups is 1. The molecule has 0 spiro atoms. The van der Waals surface area contributed by atoms with E-state index in [4.69, 9.17) is 9.52 Å². The summed E-state index contributed by atoms with van der Waals surface area (Å²) < 4.78 is 5.25. The fourth-order valence-electron chi connectivity index (χ4n) is 1.18. The Morgan fingerprint density at radius 2 is 2.18 bits per heavy atom. The van der Waals surface area contributed by atoms with Crippen molar-refractivity contribution in [3.63, 3.8) is 0 Å². The van der Waals surface area contributed by atoms with Crippen LogP contribution in [0, 0.1) is 6.92 Å². The summed E-state index contributed by atoms with van der Waals surface area (Å²) in [5.41, 5.74) is -0.0949. The predicted molar refractivity (Wildman–Crippen MR) is 57.6 cm³/mol. The van der Waals surface area contributed by atoms with Crippen molar-refractivity contribution in [3.05, 3.63) is 35.9 Å². The third kappa shape index (κ3) is 2.77. The van der Waals surface area contributed by atoms with Crippen LogP contribution in [-0.2, 0) is 6.54 Å². The molecule has 2 aromatic rings. The number of carboxylic acid groups (broad SMARTS) is 1. The van der Waals surface area contributed by atoms with Gasteiger partial charge in [-0.2, -0.15) is 0 Å². The maximum atomic E-state index is 10.5. The Labute approximate surface area is 96.5 Å². The highest BCUT2D eigenvalue weighted by Crippen LogP contribution is 2.06. The zero-order valence-corrected chi connectivity index (χ0v) is 9.04. The highest BCUT2D eigenvalue weighted by Gasteiger charge is 2.05. The van der Waals surface area contributed by atoms with Crippen LogP contribution in [0.25, 0.3) is 0 Å². The summed E-state index contributed by atoms with van der Waals surface area (Å²) in [7, 11) is 0. The van der Waals surface area contributed by atoms with Crippen LogP contribution in [0.15, 0.2) is 23.0 Å². The molecule has 2 N–H and O–H groups in total. The average molecular weight is 234 g/mol. The van der Waals surface area contributed by atoms with E-state index in [0.29, 0.717) is 18.3 Å². The van der Waals surface area contributed by atoms with E-state index in [1.807, 2.05) is 0 Å². The lowest BCUT2D eigenvalue weighted by atomic mass is 10.4. The van der Waals surface area contributed by atoms with E-state index in [2.05, 4.69) is 20.3 Å². The lowest BCUT2D eigenvalue weighted by Crippen LogP contribution is -2.05. The third-order valence-corrected chi connectivity index (χ3v) is 1.96. The molecule has 0 aliphatic rings. The van der Waals surface area contributed by atoms with Gasteiger partial charge < -0.3 is 14.8 Å². The van der Waals surface area contributed by atoms with E-state index < -0.39 is 5.97 Å². The summed E-state index contributed by atoms with van der Waals surface area (Å²) in [5.74, 6) is 0.624. The number of aryl methyl sites for hydroxylation is 1. The van der Waals surface area contributed by atoms with Gasteiger partial charge in [-0.1, -0.05) is 0 Å². The molecular formula is C10H10N4O3. The highest BCUT2D eigenvalue weighted by atomic mass is 16.4. The van der Waals surface area contributed by atoms with E-state index in [9.17, 15) is 4.79 Å². The number of nitrogens with zero attached hydrogens (tertiary/aromatic N) is 3. The Hall–Kier alpha value is -2.44. The van der Waals surface area contributed by atoms with Crippen LogP contribution in [0.4, 0.5) is 5.82 Å². The summed E-state index contributed by atoms with van der Waals surface area (Å²) >= 11 is 0. The zero-order chi connectivity index (χ0) is 12.3. The van der Waals surface area contributed by atoms with Crippen molar-refractivity contribution in [1.82, 2.24) is 15.0 Å². The van der Waals surface area contributed by atoms with Gasteiger partial charge in [-0.3, -0.25) is 0 Å². The first kappa shape index (κ1) is 11.1. The van der Waals surface area contributed by atoms with Gasteiger partial charge in [0.1, 0.15) is 11.6 Å². The van der Waals surface area contributed by atoms with Gasteiger partial charge in [0.05, 0.1) is 25.1 Å². The summed E-state index contributed by atoms with van der Waals surface area (Å²) in [6.45, 7) is 2.17. The molecule has 0 amide bonds. The molecular weight excluding hydrogens is 224 g/mol. The second kappa shape index (κ2) is 4.60. The molecule has 0 unspecified atom stereocenters. The lowest BCUT2D eigenvalue weighted by Gasteiger charge is -2.01. The largest absolute Gasteiger partial charge is 0.476 e. The fourth-order valence-corrected chi connectivity index (χ4v) is 1.18. The topological polar surface area (TPSA) is 101 Å². The third-order valence-electron chi connectivity index (χ3n) is 1.96. The van der Waals surface area contributed by atoms with Crippen molar-refractivity contribution in [2.45, 2.75) is 13.5 Å². The fraction of sp³-hybridized carbons (Fsp3) is 0.200. The second-order valence-electron chi connectivity index (χ2n) is 3.31. The van der Waals surface area contributed by atoms with Crippen LogP contribution in [-0.4, -0.2) is 26.0 Å². The normalized spacial score (nSPS) is 10.2. The molecule has 0 aromatic carbocycles. The molecule has 7 nitrogen and oxygen atoms in total. The highest BCUT2D eigenvalue weighted by molar-refractivity contribution is 5.84. The molecule has 2 heterocycles. The van der Waals surface area contributed by atoms with E-state index in [-0.39, 0.29) is 5.69 Å². The van der Waals surface area contributed by atoms with Crippen molar-refractivity contribution in [3.8, 4) is 0 Å². The predicted octanol–water partition coefficient (Wildman–Crippen LogP) is 1.08. The first-order chi connectivity index (χ1) is 8.15. The maximum absolute atomic E-state index is 10.5. The molecule has 0 aliphatic heterocycles. The van der Waals surface area contributed by atoms with Gasteiger partial charge in [0, 0.05) is 0 Å². The lowest BCUT2D eigenvalue weighted by molar-refractivity contribution is 0.0690. The van der Waals surface area contributed by atoms with Crippen LogP contribution in [0.1, 0.15) is 22.1 Å². The van der Waals surface area contributed by atoms with Crippen LogP contribution >= 0.6 is 0 Å². The number of aromatic carboxylic acids is 1. The summed E-state index contributed by atoms with van der Waals surface area (Å²) in [5, 5.41) is 11.6. The molecule has 2 rings (SSSR count). The summed E-state index contributed by atoms with van der Waals surface area (Å²) in [4.78, 5) is 22.2. The summed E-state index contributed by atoms with van der Waals surface area (Å²) in [6.07, 6.45) is 4.15. The van der Waals surface area contributed by atoms with Gasteiger partial charge in [-0.15, -0.1) is 0 Å². The monoisotopic (exact) mass is 234 g/mol.